The third-order valence-corrected chi connectivity index (χ3v) is 6.64. The van der Waals surface area contributed by atoms with Crippen LogP contribution in [-0.2, 0) is 4.79 Å². The van der Waals surface area contributed by atoms with Gasteiger partial charge in [-0.3, -0.25) is 18.9 Å². The van der Waals surface area contributed by atoms with Gasteiger partial charge in [-0.2, -0.15) is 0 Å². The van der Waals surface area contributed by atoms with Gasteiger partial charge >= 0.3 is 5.69 Å². The van der Waals surface area contributed by atoms with Crippen LogP contribution in [0.4, 0.5) is 0 Å². The highest BCUT2D eigenvalue weighted by Gasteiger charge is 2.29. The molecule has 0 bridgehead atoms. The Morgan fingerprint density at radius 3 is 2.74 bits per heavy atom. The highest BCUT2D eigenvalue weighted by Crippen LogP contribution is 2.31. The number of carbonyl (C=O) groups is 1. The van der Waals surface area contributed by atoms with Crippen molar-refractivity contribution in [1.29, 1.82) is 0 Å². The fraction of sp³-hybridized carbons (Fsp3) is 0.192. The molecule has 0 radical (unpaired) electrons. The van der Waals surface area contributed by atoms with E-state index in [-0.39, 0.29) is 17.6 Å². The number of imidazole rings is 1. The summed E-state index contributed by atoms with van der Waals surface area (Å²) in [6.45, 7) is 6.53. The van der Waals surface area contributed by atoms with Crippen molar-refractivity contribution >= 4 is 28.5 Å². The summed E-state index contributed by atoms with van der Waals surface area (Å²) in [5, 5.41) is 0.640. The summed E-state index contributed by atoms with van der Waals surface area (Å²) < 4.78 is 9.41. The third kappa shape index (κ3) is 3.78. The summed E-state index contributed by atoms with van der Waals surface area (Å²) in [7, 11) is 0. The molecule has 172 valence electrons. The van der Waals surface area contributed by atoms with Crippen molar-refractivity contribution < 1.29 is 9.53 Å². The predicted molar refractivity (Wildman–Crippen MR) is 132 cm³/mol. The van der Waals surface area contributed by atoms with E-state index >= 15 is 0 Å². The van der Waals surface area contributed by atoms with Gasteiger partial charge in [0.1, 0.15) is 11.5 Å². The lowest BCUT2D eigenvalue weighted by Gasteiger charge is -2.15. The van der Waals surface area contributed by atoms with Gasteiger partial charge in [-0.1, -0.05) is 24.2 Å². The normalized spacial score (nSPS) is 15.6. The second-order valence-corrected chi connectivity index (χ2v) is 8.65. The van der Waals surface area contributed by atoms with E-state index in [1.165, 1.54) is 6.08 Å². The molecule has 4 aromatic rings. The monoisotopic (exact) mass is 474 g/mol. The van der Waals surface area contributed by atoms with Crippen molar-refractivity contribution in [2.75, 3.05) is 13.1 Å². The first kappa shape index (κ1) is 22.0. The zero-order chi connectivity index (χ0) is 23.8. The van der Waals surface area contributed by atoms with Gasteiger partial charge in [0.15, 0.2) is 0 Å². The molecule has 1 atom stereocenters. The first-order chi connectivity index (χ1) is 16.5. The molecule has 5 rings (SSSR count). The lowest BCUT2D eigenvalue weighted by molar-refractivity contribution is -0.125. The Morgan fingerprint density at radius 2 is 1.97 bits per heavy atom. The number of halogens is 1. The van der Waals surface area contributed by atoms with Crippen LogP contribution in [-0.4, -0.2) is 38.0 Å². The summed E-state index contributed by atoms with van der Waals surface area (Å²) in [6.07, 6.45) is 5.38. The summed E-state index contributed by atoms with van der Waals surface area (Å²) >= 11 is 6.20. The Morgan fingerprint density at radius 1 is 1.18 bits per heavy atom. The second-order valence-electron chi connectivity index (χ2n) is 8.24. The van der Waals surface area contributed by atoms with E-state index in [9.17, 15) is 9.59 Å². The van der Waals surface area contributed by atoms with Crippen LogP contribution in [0, 0.1) is 6.92 Å². The van der Waals surface area contributed by atoms with E-state index in [1.807, 2.05) is 55.5 Å². The largest absolute Gasteiger partial charge is 0.457 e. The Labute approximate surface area is 201 Å². The SMILES string of the molecule is C=CC(=O)N1CCC(n2c(=O)n(-c3ccc(Oc4cccc(Cl)c4C)cc3)c3cnccc32)C1. The molecule has 2 aromatic carbocycles. The summed E-state index contributed by atoms with van der Waals surface area (Å²) in [5.41, 5.74) is 2.89. The number of pyridine rings is 1. The standard InChI is InChI=1S/C26H23ClN4O3/c1-3-25(32)29-14-12-19(16-29)31-22-11-13-28-15-23(22)30(26(31)33)18-7-9-20(10-8-18)34-24-6-4-5-21(27)17(24)2/h3-11,13,15,19H,1,12,14,16H2,2H3. The smallest absolute Gasteiger partial charge is 0.334 e. The molecule has 0 N–H and O–H groups in total. The van der Waals surface area contributed by atoms with Crippen molar-refractivity contribution in [1.82, 2.24) is 19.0 Å². The van der Waals surface area contributed by atoms with Crippen LogP contribution in [0.3, 0.4) is 0 Å². The number of hydrogen-bond donors (Lipinski definition) is 0. The molecule has 1 unspecified atom stereocenters. The molecule has 1 saturated heterocycles. The zero-order valence-corrected chi connectivity index (χ0v) is 19.4. The van der Waals surface area contributed by atoms with E-state index in [0.717, 1.165) is 11.1 Å². The van der Waals surface area contributed by atoms with Gasteiger partial charge in [0.25, 0.3) is 0 Å². The minimum atomic E-state index is -0.166. The second kappa shape index (κ2) is 8.83. The first-order valence-electron chi connectivity index (χ1n) is 11.0. The quantitative estimate of drug-likeness (QED) is 0.386. The molecule has 1 aliphatic heterocycles. The molecule has 1 fully saturated rings. The lowest BCUT2D eigenvalue weighted by Crippen LogP contribution is -2.31. The molecule has 1 amide bonds. The highest BCUT2D eigenvalue weighted by molar-refractivity contribution is 6.31. The number of fused-ring (bicyclic) bond motifs is 1. The number of aromatic nitrogens is 3. The van der Waals surface area contributed by atoms with E-state index in [0.29, 0.717) is 47.2 Å². The van der Waals surface area contributed by atoms with Crippen molar-refractivity contribution in [3.05, 3.63) is 94.6 Å². The fourth-order valence-electron chi connectivity index (χ4n) is 4.44. The Kier molecular flexibility index (Phi) is 5.71. The molecule has 0 saturated carbocycles. The number of nitrogens with zero attached hydrogens (tertiary/aromatic N) is 4. The van der Waals surface area contributed by atoms with Crippen molar-refractivity contribution in [2.45, 2.75) is 19.4 Å². The van der Waals surface area contributed by atoms with E-state index in [1.54, 1.807) is 26.4 Å². The summed E-state index contributed by atoms with van der Waals surface area (Å²) in [5.74, 6) is 1.20. The van der Waals surface area contributed by atoms with E-state index in [4.69, 9.17) is 16.3 Å². The number of benzene rings is 2. The molecule has 8 heteroatoms. The zero-order valence-electron chi connectivity index (χ0n) is 18.6. The Balaban J connectivity index is 1.50. The van der Waals surface area contributed by atoms with E-state index in [2.05, 4.69) is 11.6 Å². The predicted octanol–water partition coefficient (Wildman–Crippen LogP) is 4.90. The molecule has 7 nitrogen and oxygen atoms in total. The van der Waals surface area contributed by atoms with Crippen molar-refractivity contribution in [3.63, 3.8) is 0 Å². The number of hydrogen-bond acceptors (Lipinski definition) is 4. The summed E-state index contributed by atoms with van der Waals surface area (Å²) in [6, 6.07) is 14.6. The van der Waals surface area contributed by atoms with Gasteiger partial charge < -0.3 is 9.64 Å². The number of ether oxygens (including phenoxy) is 1. The minimum absolute atomic E-state index is 0.115. The Hall–Kier alpha value is -3.84. The first-order valence-corrected chi connectivity index (χ1v) is 11.4. The van der Waals surface area contributed by atoms with Gasteiger partial charge in [-0.05, 0) is 61.9 Å². The average Bonchev–Trinajstić information content (AvgIpc) is 3.44. The maximum atomic E-state index is 13.6. The molecular weight excluding hydrogens is 452 g/mol. The Bertz CT molecular complexity index is 1460. The van der Waals surface area contributed by atoms with Crippen LogP contribution in [0.1, 0.15) is 18.0 Å². The molecule has 0 aliphatic carbocycles. The van der Waals surface area contributed by atoms with Crippen molar-refractivity contribution in [3.8, 4) is 17.2 Å². The molecule has 2 aromatic heterocycles. The van der Waals surface area contributed by atoms with Gasteiger partial charge in [0.2, 0.25) is 5.91 Å². The fourth-order valence-corrected chi connectivity index (χ4v) is 4.61. The van der Waals surface area contributed by atoms with Crippen LogP contribution >= 0.6 is 11.6 Å². The lowest BCUT2D eigenvalue weighted by atomic mass is 10.2. The number of rotatable bonds is 5. The maximum Gasteiger partial charge on any atom is 0.334 e. The van der Waals surface area contributed by atoms with Crippen LogP contribution in [0.15, 0.2) is 78.4 Å². The average molecular weight is 475 g/mol. The van der Waals surface area contributed by atoms with Crippen LogP contribution in [0.25, 0.3) is 16.7 Å². The highest BCUT2D eigenvalue weighted by atomic mass is 35.5. The number of amides is 1. The van der Waals surface area contributed by atoms with E-state index < -0.39 is 0 Å². The van der Waals surface area contributed by atoms with Gasteiger partial charge in [-0.15, -0.1) is 0 Å². The summed E-state index contributed by atoms with van der Waals surface area (Å²) in [4.78, 5) is 31.6. The molecule has 3 heterocycles. The van der Waals surface area contributed by atoms with Crippen LogP contribution in [0.2, 0.25) is 5.02 Å². The minimum Gasteiger partial charge on any atom is -0.457 e. The van der Waals surface area contributed by atoms with Gasteiger partial charge in [-0.25, -0.2) is 4.79 Å². The third-order valence-electron chi connectivity index (χ3n) is 6.23. The number of carbonyl (C=O) groups excluding carboxylic acids is 1. The topological polar surface area (TPSA) is 69.4 Å². The van der Waals surface area contributed by atoms with Crippen LogP contribution in [0.5, 0.6) is 11.5 Å². The number of likely N-dealkylation sites (tertiary alicyclic amines) is 1. The molecule has 34 heavy (non-hydrogen) atoms. The molecule has 0 spiro atoms. The van der Waals surface area contributed by atoms with Gasteiger partial charge in [0, 0.05) is 29.9 Å². The van der Waals surface area contributed by atoms with Gasteiger partial charge in [0.05, 0.1) is 29.0 Å². The maximum absolute atomic E-state index is 13.6. The van der Waals surface area contributed by atoms with Crippen molar-refractivity contribution in [2.24, 2.45) is 0 Å². The molecule has 1 aliphatic rings. The molecular formula is C26H23ClN4O3. The van der Waals surface area contributed by atoms with Crippen LogP contribution < -0.4 is 10.4 Å².